The highest BCUT2D eigenvalue weighted by Crippen LogP contribution is 2.50. The van der Waals surface area contributed by atoms with Crippen LogP contribution in [-0.4, -0.2) is 21.4 Å². The molecule has 1 aliphatic heterocycles. The van der Waals surface area contributed by atoms with Gasteiger partial charge in [0, 0.05) is 47.7 Å². The third-order valence-corrected chi connectivity index (χ3v) is 9.07. The minimum atomic E-state index is 0.172. The molecular formula is C36H31N3. The fourth-order valence-corrected chi connectivity index (χ4v) is 7.32. The van der Waals surface area contributed by atoms with Gasteiger partial charge in [-0.2, -0.15) is 0 Å². The van der Waals surface area contributed by atoms with Crippen LogP contribution in [0.15, 0.2) is 108 Å². The van der Waals surface area contributed by atoms with E-state index in [1.165, 1.54) is 49.6 Å². The quantitative estimate of drug-likeness (QED) is 0.261. The van der Waals surface area contributed by atoms with Crippen LogP contribution in [0.4, 0.5) is 0 Å². The van der Waals surface area contributed by atoms with Gasteiger partial charge < -0.3 is 4.90 Å². The summed E-state index contributed by atoms with van der Waals surface area (Å²) in [5.41, 5.74) is 9.43. The largest absolute Gasteiger partial charge is 0.345 e. The van der Waals surface area contributed by atoms with Crippen LogP contribution in [0.25, 0.3) is 38.7 Å². The van der Waals surface area contributed by atoms with Gasteiger partial charge in [-0.25, -0.2) is 9.97 Å². The lowest BCUT2D eigenvalue weighted by molar-refractivity contribution is 0.435. The molecule has 3 heteroatoms. The van der Waals surface area contributed by atoms with Gasteiger partial charge in [0.05, 0.1) is 0 Å². The Kier molecular flexibility index (Phi) is 5.19. The summed E-state index contributed by atoms with van der Waals surface area (Å²) in [5, 5.41) is 5.35. The summed E-state index contributed by atoms with van der Waals surface area (Å²) in [4.78, 5) is 12.4. The molecule has 0 saturated carbocycles. The molecule has 4 aromatic rings. The second-order valence-electron chi connectivity index (χ2n) is 11.0. The molecule has 3 aliphatic carbocycles. The van der Waals surface area contributed by atoms with Gasteiger partial charge in [0.2, 0.25) is 0 Å². The van der Waals surface area contributed by atoms with Crippen molar-refractivity contribution in [3.05, 3.63) is 125 Å². The number of allylic oxidation sites excluding steroid dienone is 7. The number of likely N-dealkylation sites (N-methyl/N-ethyl adjacent to an activating group) is 1. The Hall–Kier alpha value is -4.24. The molecule has 4 aliphatic rings. The average molecular weight is 506 g/mol. The first kappa shape index (κ1) is 22.7. The van der Waals surface area contributed by atoms with Crippen molar-refractivity contribution in [3.63, 3.8) is 0 Å². The van der Waals surface area contributed by atoms with Crippen LogP contribution in [0.3, 0.4) is 0 Å². The van der Waals surface area contributed by atoms with E-state index < -0.39 is 0 Å². The lowest BCUT2D eigenvalue weighted by Gasteiger charge is -2.29. The normalized spacial score (nSPS) is 21.4. The molecule has 0 bridgehead atoms. The van der Waals surface area contributed by atoms with Crippen LogP contribution in [-0.2, 0) is 6.42 Å². The van der Waals surface area contributed by atoms with Crippen molar-refractivity contribution < 1.29 is 0 Å². The molecule has 1 aromatic heterocycles. The van der Waals surface area contributed by atoms with E-state index in [2.05, 4.69) is 96.8 Å². The highest BCUT2D eigenvalue weighted by atomic mass is 15.2. The summed E-state index contributed by atoms with van der Waals surface area (Å²) in [7, 11) is 0. The Bertz CT molecular complexity index is 1800. The Balaban J connectivity index is 1.18. The lowest BCUT2D eigenvalue weighted by Crippen LogP contribution is -2.24. The Labute approximate surface area is 229 Å². The number of benzene rings is 3. The maximum Gasteiger partial charge on any atom is 0.136 e. The third kappa shape index (κ3) is 3.42. The minimum absolute atomic E-state index is 0.172. The number of rotatable bonds is 3. The third-order valence-electron chi connectivity index (χ3n) is 9.07. The fourth-order valence-electron chi connectivity index (χ4n) is 7.32. The average Bonchev–Trinajstić information content (AvgIpc) is 3.35. The molecule has 3 aromatic carbocycles. The van der Waals surface area contributed by atoms with Crippen molar-refractivity contribution in [1.82, 2.24) is 14.9 Å². The zero-order valence-electron chi connectivity index (χ0n) is 22.3. The van der Waals surface area contributed by atoms with Crippen LogP contribution in [0.1, 0.15) is 49.1 Å². The van der Waals surface area contributed by atoms with Gasteiger partial charge >= 0.3 is 0 Å². The van der Waals surface area contributed by atoms with Crippen LogP contribution < -0.4 is 0 Å². The molecule has 190 valence electrons. The summed E-state index contributed by atoms with van der Waals surface area (Å²) in [6.07, 6.45) is 24.6. The van der Waals surface area contributed by atoms with E-state index >= 15 is 0 Å². The van der Waals surface area contributed by atoms with E-state index in [1.807, 2.05) is 12.4 Å². The number of nitrogens with zero attached hydrogens (tertiary/aromatic N) is 3. The highest BCUT2D eigenvalue weighted by molar-refractivity contribution is 6.14. The first-order valence-corrected chi connectivity index (χ1v) is 14.3. The SMILES string of the molecule is CCN1C2=CC=CC(c3ncc(-c4ccc5c6c(c7ccccc7c5c4)CCC=C6)cn3)C2C2=C1C=CCC2. The molecule has 0 N–H and O–H groups in total. The molecule has 0 fully saturated rings. The molecule has 0 radical (unpaired) electrons. The molecular weight excluding hydrogens is 474 g/mol. The molecule has 0 spiro atoms. The van der Waals surface area contributed by atoms with E-state index in [9.17, 15) is 0 Å². The van der Waals surface area contributed by atoms with Crippen LogP contribution >= 0.6 is 0 Å². The highest BCUT2D eigenvalue weighted by Gasteiger charge is 2.41. The molecule has 0 amide bonds. The Morgan fingerprint density at radius 1 is 0.846 bits per heavy atom. The van der Waals surface area contributed by atoms with E-state index in [1.54, 1.807) is 5.57 Å². The van der Waals surface area contributed by atoms with Gasteiger partial charge in [-0.05, 0) is 94.6 Å². The molecule has 2 atom stereocenters. The van der Waals surface area contributed by atoms with Crippen LogP contribution in [0.2, 0.25) is 0 Å². The summed E-state index contributed by atoms with van der Waals surface area (Å²) in [5.74, 6) is 1.42. The number of hydrogen-bond donors (Lipinski definition) is 0. The molecule has 3 nitrogen and oxygen atoms in total. The molecule has 8 rings (SSSR count). The van der Waals surface area contributed by atoms with Gasteiger partial charge in [-0.15, -0.1) is 0 Å². The monoisotopic (exact) mass is 505 g/mol. The van der Waals surface area contributed by atoms with Crippen molar-refractivity contribution in [1.29, 1.82) is 0 Å². The van der Waals surface area contributed by atoms with Crippen molar-refractivity contribution >= 4 is 27.6 Å². The maximum absolute atomic E-state index is 4.98. The van der Waals surface area contributed by atoms with Gasteiger partial charge in [0.25, 0.3) is 0 Å². The van der Waals surface area contributed by atoms with Crippen LogP contribution in [0, 0.1) is 5.92 Å². The Morgan fingerprint density at radius 3 is 2.54 bits per heavy atom. The zero-order valence-corrected chi connectivity index (χ0v) is 22.3. The topological polar surface area (TPSA) is 29.0 Å². The molecule has 2 unspecified atom stereocenters. The predicted octanol–water partition coefficient (Wildman–Crippen LogP) is 8.50. The van der Waals surface area contributed by atoms with Crippen molar-refractivity contribution in [2.24, 2.45) is 5.92 Å². The first-order valence-electron chi connectivity index (χ1n) is 14.3. The lowest BCUT2D eigenvalue weighted by atomic mass is 9.79. The van der Waals surface area contributed by atoms with E-state index in [4.69, 9.17) is 9.97 Å². The number of hydrogen-bond acceptors (Lipinski definition) is 3. The molecule has 2 heterocycles. The number of aromatic nitrogens is 2. The molecule has 0 saturated heterocycles. The van der Waals surface area contributed by atoms with Gasteiger partial charge in [-0.3, -0.25) is 0 Å². The summed E-state index contributed by atoms with van der Waals surface area (Å²) >= 11 is 0. The van der Waals surface area contributed by atoms with E-state index in [0.29, 0.717) is 5.92 Å². The first-order chi connectivity index (χ1) is 19.3. The van der Waals surface area contributed by atoms with Crippen LogP contribution in [0.5, 0.6) is 0 Å². The second-order valence-corrected chi connectivity index (χ2v) is 11.0. The van der Waals surface area contributed by atoms with Crippen molar-refractivity contribution in [2.75, 3.05) is 6.54 Å². The number of fused-ring (bicyclic) bond motifs is 8. The van der Waals surface area contributed by atoms with Crippen molar-refractivity contribution in [2.45, 2.75) is 38.5 Å². The standard InChI is InChI=1S/C36H31N3/c1-2-39-33-16-8-7-14-30(33)35-31(15-9-17-34(35)39)36-37-21-24(22-38-36)23-18-19-29-27-12-4-3-10-25(27)26-11-5-6-13-28(26)32(29)20-23/h4-6,8-9,11-13,15-22,31,35H,2-3,7,10,14H2,1H3. The van der Waals surface area contributed by atoms with Gasteiger partial charge in [0.15, 0.2) is 0 Å². The predicted molar refractivity (Wildman–Crippen MR) is 161 cm³/mol. The zero-order chi connectivity index (χ0) is 25.9. The summed E-state index contributed by atoms with van der Waals surface area (Å²) in [6.45, 7) is 3.23. The number of aryl methyl sites for hydroxylation is 1. The second kappa shape index (κ2) is 8.91. The maximum atomic E-state index is 4.98. The molecule has 39 heavy (non-hydrogen) atoms. The van der Waals surface area contributed by atoms with E-state index in [0.717, 1.165) is 43.6 Å². The van der Waals surface area contributed by atoms with Gasteiger partial charge in [0.1, 0.15) is 5.82 Å². The van der Waals surface area contributed by atoms with Gasteiger partial charge in [-0.1, -0.05) is 66.8 Å². The fraction of sp³-hybridized carbons (Fsp3) is 0.222. The Morgan fingerprint density at radius 2 is 1.67 bits per heavy atom. The smallest absolute Gasteiger partial charge is 0.136 e. The minimum Gasteiger partial charge on any atom is -0.345 e. The van der Waals surface area contributed by atoms with Crippen molar-refractivity contribution in [3.8, 4) is 11.1 Å². The summed E-state index contributed by atoms with van der Waals surface area (Å²) in [6, 6.07) is 15.7. The van der Waals surface area contributed by atoms with E-state index in [-0.39, 0.29) is 5.92 Å². The summed E-state index contributed by atoms with van der Waals surface area (Å²) < 4.78 is 0.